The van der Waals surface area contributed by atoms with Crippen LogP contribution in [0.25, 0.3) is 0 Å². The molecule has 0 aliphatic carbocycles. The van der Waals surface area contributed by atoms with Crippen molar-refractivity contribution in [3.63, 3.8) is 0 Å². The smallest absolute Gasteiger partial charge is 0.241 e. The maximum Gasteiger partial charge on any atom is 0.241 e. The summed E-state index contributed by atoms with van der Waals surface area (Å²) in [5.41, 5.74) is 1.95. The van der Waals surface area contributed by atoms with Crippen LogP contribution in [0, 0.1) is 0 Å². The minimum absolute atomic E-state index is 0. The highest BCUT2D eigenvalue weighted by Crippen LogP contribution is 2.24. The molecule has 1 aliphatic rings. The largest absolute Gasteiger partial charge is 0.392 e. The Kier molecular flexibility index (Phi) is 9.24. The van der Waals surface area contributed by atoms with Crippen molar-refractivity contribution in [3.8, 4) is 0 Å². The van der Waals surface area contributed by atoms with Gasteiger partial charge in [0.05, 0.1) is 12.1 Å². The summed E-state index contributed by atoms with van der Waals surface area (Å²) in [6.07, 6.45) is 3.66. The number of carbonyl (C=O) groups excluding carboxylic acids is 1. The lowest BCUT2D eigenvalue weighted by atomic mass is 10.2. The molecule has 2 atom stereocenters. The molecule has 1 fully saturated rings. The third-order valence-electron chi connectivity index (χ3n) is 3.67. The number of hydrogen-bond donors (Lipinski definition) is 3. The fourth-order valence-corrected chi connectivity index (χ4v) is 3.26. The molecule has 1 aliphatic heterocycles. The van der Waals surface area contributed by atoms with Gasteiger partial charge < -0.3 is 15.7 Å². The van der Waals surface area contributed by atoms with E-state index in [9.17, 15) is 9.90 Å². The van der Waals surface area contributed by atoms with E-state index in [2.05, 4.69) is 21.7 Å². The Morgan fingerprint density at radius 2 is 2.04 bits per heavy atom. The molecule has 1 aromatic heterocycles. The van der Waals surface area contributed by atoms with Crippen molar-refractivity contribution in [2.75, 3.05) is 11.9 Å². The van der Waals surface area contributed by atoms with Gasteiger partial charge in [-0.05, 0) is 42.3 Å². The zero-order valence-corrected chi connectivity index (χ0v) is 15.9. The quantitative estimate of drug-likeness (QED) is 0.671. The van der Waals surface area contributed by atoms with Crippen LogP contribution in [0.2, 0.25) is 0 Å². The minimum Gasteiger partial charge on any atom is -0.392 e. The number of aromatic nitrogens is 1. The molecule has 3 N–H and O–H groups in total. The second-order valence-corrected chi connectivity index (χ2v) is 6.56. The van der Waals surface area contributed by atoms with Crippen LogP contribution < -0.4 is 10.6 Å². The molecule has 0 radical (unpaired) electrons. The van der Waals surface area contributed by atoms with Crippen molar-refractivity contribution in [2.24, 2.45) is 0 Å². The average Bonchev–Trinajstić information content (AvgIpc) is 3.02. The summed E-state index contributed by atoms with van der Waals surface area (Å²) in [5, 5.41) is 15.3. The highest BCUT2D eigenvalue weighted by molar-refractivity contribution is 7.98. The third-order valence-corrected chi connectivity index (χ3v) is 4.76. The lowest BCUT2D eigenvalue weighted by molar-refractivity contribution is -0.117. The number of halogens is 2. The van der Waals surface area contributed by atoms with Crippen LogP contribution in [0.3, 0.4) is 0 Å². The van der Waals surface area contributed by atoms with Crippen LogP contribution in [-0.2, 0) is 10.5 Å². The van der Waals surface area contributed by atoms with E-state index < -0.39 is 6.10 Å². The lowest BCUT2D eigenvalue weighted by Gasteiger charge is -2.11. The van der Waals surface area contributed by atoms with Crippen LogP contribution in [-0.4, -0.2) is 34.7 Å². The topological polar surface area (TPSA) is 74.2 Å². The van der Waals surface area contributed by atoms with E-state index in [4.69, 9.17) is 0 Å². The van der Waals surface area contributed by atoms with E-state index in [1.165, 1.54) is 5.56 Å². The van der Waals surface area contributed by atoms with Crippen LogP contribution >= 0.6 is 36.6 Å². The number of anilines is 1. The molecule has 25 heavy (non-hydrogen) atoms. The Labute approximate surface area is 163 Å². The van der Waals surface area contributed by atoms with E-state index in [1.807, 2.05) is 36.5 Å². The van der Waals surface area contributed by atoms with Crippen molar-refractivity contribution >= 4 is 48.2 Å². The van der Waals surface area contributed by atoms with Crippen molar-refractivity contribution < 1.29 is 9.90 Å². The van der Waals surface area contributed by atoms with E-state index in [0.717, 1.165) is 16.3 Å². The number of amides is 1. The molecule has 0 bridgehead atoms. The van der Waals surface area contributed by atoms with Gasteiger partial charge >= 0.3 is 0 Å². The van der Waals surface area contributed by atoms with Crippen LogP contribution in [0.4, 0.5) is 5.69 Å². The Bertz CT molecular complexity index is 659. The van der Waals surface area contributed by atoms with Crippen molar-refractivity contribution in [2.45, 2.75) is 29.2 Å². The maximum atomic E-state index is 12.1. The number of hydrogen-bond acceptors (Lipinski definition) is 5. The predicted molar refractivity (Wildman–Crippen MR) is 106 cm³/mol. The van der Waals surface area contributed by atoms with E-state index in [-0.39, 0.29) is 36.8 Å². The van der Waals surface area contributed by atoms with Gasteiger partial charge in [0.2, 0.25) is 5.91 Å². The summed E-state index contributed by atoms with van der Waals surface area (Å²) in [6.45, 7) is 0.474. The number of rotatable bonds is 5. The Hall–Kier alpha value is -1.31. The van der Waals surface area contributed by atoms with Gasteiger partial charge in [-0.1, -0.05) is 6.07 Å². The molecule has 136 valence electrons. The monoisotopic (exact) mass is 401 g/mol. The number of thioether (sulfide) groups is 1. The molecule has 3 rings (SSSR count). The minimum atomic E-state index is -0.433. The fraction of sp³-hybridized carbons (Fsp3) is 0.294. The molecule has 0 saturated carbocycles. The van der Waals surface area contributed by atoms with Gasteiger partial charge in [-0.25, -0.2) is 0 Å². The molecule has 1 saturated heterocycles. The fourth-order valence-electron chi connectivity index (χ4n) is 2.43. The summed E-state index contributed by atoms with van der Waals surface area (Å²) >= 11 is 1.73. The summed E-state index contributed by atoms with van der Waals surface area (Å²) in [4.78, 5) is 17.3. The van der Waals surface area contributed by atoms with Gasteiger partial charge in [0.25, 0.3) is 0 Å². The molecular formula is C17H21Cl2N3O2S. The van der Waals surface area contributed by atoms with Crippen molar-refractivity contribution in [1.82, 2.24) is 10.3 Å². The predicted octanol–water partition coefficient (Wildman–Crippen LogP) is 2.88. The van der Waals surface area contributed by atoms with Gasteiger partial charge in [0, 0.05) is 35.3 Å². The standard InChI is InChI=1S/C17H19N3O2S.2ClH/c21-14-8-16(19-10-14)17(22)20-13-3-5-15(6-4-13)23-11-12-2-1-7-18-9-12;;/h1-7,9,14,16,19,21H,8,10-11H2,(H,20,22);2*1H. The first-order chi connectivity index (χ1) is 11.2. The summed E-state index contributed by atoms with van der Waals surface area (Å²) < 4.78 is 0. The SMILES string of the molecule is Cl.Cl.O=C(Nc1ccc(SCc2cccnc2)cc1)C1CC(O)CN1. The summed E-state index contributed by atoms with van der Waals surface area (Å²) in [7, 11) is 0. The molecule has 8 heteroatoms. The van der Waals surface area contributed by atoms with Crippen LogP contribution in [0.5, 0.6) is 0 Å². The number of carbonyl (C=O) groups is 1. The summed E-state index contributed by atoms with van der Waals surface area (Å²) in [5.74, 6) is 0.765. The van der Waals surface area contributed by atoms with Gasteiger partial charge in [0.1, 0.15) is 0 Å². The first kappa shape index (κ1) is 21.7. The Balaban J connectivity index is 0.00000156. The summed E-state index contributed by atoms with van der Waals surface area (Å²) in [6, 6.07) is 11.5. The highest BCUT2D eigenvalue weighted by Gasteiger charge is 2.27. The number of nitrogens with one attached hydrogen (secondary N) is 2. The normalized spacial score (nSPS) is 18.8. The second kappa shape index (κ2) is 10.6. The van der Waals surface area contributed by atoms with E-state index >= 15 is 0 Å². The number of pyridine rings is 1. The third kappa shape index (κ3) is 6.49. The van der Waals surface area contributed by atoms with Crippen LogP contribution in [0.15, 0.2) is 53.7 Å². The number of nitrogens with zero attached hydrogens (tertiary/aromatic N) is 1. The molecule has 0 spiro atoms. The lowest BCUT2D eigenvalue weighted by Crippen LogP contribution is -2.35. The molecule has 2 aromatic rings. The molecule has 1 amide bonds. The zero-order chi connectivity index (χ0) is 16.1. The second-order valence-electron chi connectivity index (χ2n) is 5.51. The maximum absolute atomic E-state index is 12.1. The number of benzene rings is 1. The Morgan fingerprint density at radius 3 is 2.64 bits per heavy atom. The van der Waals surface area contributed by atoms with Crippen molar-refractivity contribution in [1.29, 1.82) is 0 Å². The molecule has 2 heterocycles. The first-order valence-electron chi connectivity index (χ1n) is 7.55. The zero-order valence-electron chi connectivity index (χ0n) is 13.4. The molecule has 5 nitrogen and oxygen atoms in total. The Morgan fingerprint density at radius 1 is 1.28 bits per heavy atom. The van der Waals surface area contributed by atoms with Gasteiger partial charge in [-0.15, -0.1) is 36.6 Å². The number of aliphatic hydroxyl groups excluding tert-OH is 1. The van der Waals surface area contributed by atoms with Gasteiger partial charge in [-0.3, -0.25) is 9.78 Å². The molecule has 1 aromatic carbocycles. The number of aliphatic hydroxyl groups is 1. The molecule has 2 unspecified atom stereocenters. The van der Waals surface area contributed by atoms with Crippen LogP contribution in [0.1, 0.15) is 12.0 Å². The molecular weight excluding hydrogens is 381 g/mol. The van der Waals surface area contributed by atoms with E-state index in [1.54, 1.807) is 18.0 Å². The van der Waals surface area contributed by atoms with Gasteiger partial charge in [-0.2, -0.15) is 0 Å². The van der Waals surface area contributed by atoms with Gasteiger partial charge in [0.15, 0.2) is 0 Å². The highest BCUT2D eigenvalue weighted by atomic mass is 35.5. The van der Waals surface area contributed by atoms with E-state index in [0.29, 0.717) is 13.0 Å². The average molecular weight is 402 g/mol. The van der Waals surface area contributed by atoms with Crippen molar-refractivity contribution in [3.05, 3.63) is 54.4 Å². The first-order valence-corrected chi connectivity index (χ1v) is 8.53. The number of β-amino-alcohol motifs (C(OH)–C–C–N with tert-alkyl or cyclic N) is 1.